The summed E-state index contributed by atoms with van der Waals surface area (Å²) in [5, 5.41) is 12.3. The summed E-state index contributed by atoms with van der Waals surface area (Å²) in [6.07, 6.45) is -0.887. The fourth-order valence-corrected chi connectivity index (χ4v) is 2.52. The van der Waals surface area contributed by atoms with E-state index in [0.29, 0.717) is 4.90 Å². The van der Waals surface area contributed by atoms with Gasteiger partial charge in [0.05, 0.1) is 11.9 Å². The van der Waals surface area contributed by atoms with Gasteiger partial charge in [0.15, 0.2) is 0 Å². The molecule has 5 heteroatoms. The summed E-state index contributed by atoms with van der Waals surface area (Å²) in [5.74, 6) is -0.337. The molecule has 0 aliphatic rings. The van der Waals surface area contributed by atoms with E-state index in [2.05, 4.69) is 5.32 Å². The Morgan fingerprint density at radius 1 is 1.44 bits per heavy atom. The van der Waals surface area contributed by atoms with Crippen molar-refractivity contribution in [2.24, 2.45) is 0 Å². The van der Waals surface area contributed by atoms with E-state index in [9.17, 15) is 14.3 Å². The lowest BCUT2D eigenvalue weighted by Crippen LogP contribution is -2.31. The first-order valence-electron chi connectivity index (χ1n) is 5.80. The van der Waals surface area contributed by atoms with Crippen LogP contribution in [0.5, 0.6) is 0 Å². The summed E-state index contributed by atoms with van der Waals surface area (Å²) in [6, 6.07) is 4.67. The maximum absolute atomic E-state index is 13.6. The van der Waals surface area contributed by atoms with Gasteiger partial charge in [0.1, 0.15) is 5.82 Å². The second-order valence-electron chi connectivity index (χ2n) is 4.34. The molecule has 18 heavy (non-hydrogen) atoms. The molecule has 2 N–H and O–H groups in total. The summed E-state index contributed by atoms with van der Waals surface area (Å²) >= 11 is 1.23. The van der Waals surface area contributed by atoms with Gasteiger partial charge in [-0.3, -0.25) is 4.79 Å². The van der Waals surface area contributed by atoms with Gasteiger partial charge in [-0.1, -0.05) is 6.07 Å². The Hall–Kier alpha value is -1.07. The third-order valence-electron chi connectivity index (χ3n) is 2.24. The van der Waals surface area contributed by atoms with Gasteiger partial charge in [0, 0.05) is 16.5 Å². The van der Waals surface area contributed by atoms with E-state index in [1.54, 1.807) is 12.1 Å². The summed E-state index contributed by atoms with van der Waals surface area (Å²) in [6.45, 7) is 5.27. The third-order valence-corrected chi connectivity index (χ3v) is 3.31. The van der Waals surface area contributed by atoms with Crippen molar-refractivity contribution < 1.29 is 14.3 Å². The van der Waals surface area contributed by atoms with Crippen molar-refractivity contribution >= 4 is 17.7 Å². The Morgan fingerprint density at radius 2 is 2.11 bits per heavy atom. The quantitative estimate of drug-likeness (QED) is 0.809. The smallest absolute Gasteiger partial charge is 0.230 e. The Morgan fingerprint density at radius 3 is 2.67 bits per heavy atom. The van der Waals surface area contributed by atoms with Gasteiger partial charge in [0.2, 0.25) is 5.91 Å². The number of carbonyl (C=O) groups is 1. The number of benzene rings is 1. The standard InChI is InChI=1S/C13H18FNO2S/c1-8(2)15-12(17)7-18-11-6-4-5-10(14)13(11)9(3)16/h4-6,8-9,16H,7H2,1-3H3,(H,15,17). The average Bonchev–Trinajstić information content (AvgIpc) is 2.24. The number of carbonyl (C=O) groups excluding carboxylic acids is 1. The Kier molecular flexibility index (Phi) is 5.62. The summed E-state index contributed by atoms with van der Waals surface area (Å²) in [4.78, 5) is 12.1. The molecule has 0 spiro atoms. The molecule has 1 atom stereocenters. The molecule has 1 rings (SSSR count). The first kappa shape index (κ1) is 15.0. The van der Waals surface area contributed by atoms with Crippen LogP contribution < -0.4 is 5.32 Å². The van der Waals surface area contributed by atoms with Gasteiger partial charge in [-0.15, -0.1) is 11.8 Å². The van der Waals surface area contributed by atoms with E-state index in [1.165, 1.54) is 24.8 Å². The van der Waals surface area contributed by atoms with Crippen LogP contribution in [0.4, 0.5) is 4.39 Å². The molecule has 0 saturated heterocycles. The van der Waals surface area contributed by atoms with Crippen LogP contribution in [0.1, 0.15) is 32.4 Å². The number of amides is 1. The van der Waals surface area contributed by atoms with Gasteiger partial charge in [0.25, 0.3) is 0 Å². The van der Waals surface area contributed by atoms with Gasteiger partial charge in [-0.25, -0.2) is 4.39 Å². The number of rotatable bonds is 5. The number of nitrogens with one attached hydrogen (secondary N) is 1. The van der Waals surface area contributed by atoms with Gasteiger partial charge >= 0.3 is 0 Å². The van der Waals surface area contributed by atoms with Crippen LogP contribution in [0.3, 0.4) is 0 Å². The van der Waals surface area contributed by atoms with Crippen LogP contribution in [0.2, 0.25) is 0 Å². The predicted octanol–water partition coefficient (Wildman–Crippen LogP) is 2.50. The minimum atomic E-state index is -0.887. The lowest BCUT2D eigenvalue weighted by Gasteiger charge is -2.13. The molecule has 1 unspecified atom stereocenters. The zero-order valence-corrected chi connectivity index (χ0v) is 11.6. The van der Waals surface area contributed by atoms with Gasteiger partial charge in [-0.05, 0) is 32.9 Å². The average molecular weight is 271 g/mol. The van der Waals surface area contributed by atoms with Crippen molar-refractivity contribution in [3.8, 4) is 0 Å². The molecule has 0 aliphatic heterocycles. The van der Waals surface area contributed by atoms with Crippen molar-refractivity contribution in [1.29, 1.82) is 0 Å². The fourth-order valence-electron chi connectivity index (χ4n) is 1.56. The highest BCUT2D eigenvalue weighted by Gasteiger charge is 2.14. The van der Waals surface area contributed by atoms with E-state index in [0.717, 1.165) is 0 Å². The molecule has 1 aromatic carbocycles. The molecule has 100 valence electrons. The van der Waals surface area contributed by atoms with E-state index >= 15 is 0 Å². The van der Waals surface area contributed by atoms with Crippen molar-refractivity contribution in [2.45, 2.75) is 37.8 Å². The van der Waals surface area contributed by atoms with Crippen molar-refractivity contribution in [2.75, 3.05) is 5.75 Å². The molecule has 0 bridgehead atoms. The molecule has 0 saturated carbocycles. The first-order valence-corrected chi connectivity index (χ1v) is 6.79. The van der Waals surface area contributed by atoms with Crippen LogP contribution in [0.25, 0.3) is 0 Å². The SMILES string of the molecule is CC(C)NC(=O)CSc1cccc(F)c1C(C)O. The molecule has 1 aromatic rings. The molecule has 1 amide bonds. The highest BCUT2D eigenvalue weighted by Crippen LogP contribution is 2.29. The molecule has 0 fully saturated rings. The number of aliphatic hydroxyl groups is 1. The predicted molar refractivity (Wildman–Crippen MR) is 71.0 cm³/mol. The maximum atomic E-state index is 13.6. The zero-order valence-electron chi connectivity index (χ0n) is 10.7. The van der Waals surface area contributed by atoms with Gasteiger partial charge in [-0.2, -0.15) is 0 Å². The number of aliphatic hydroxyl groups excluding tert-OH is 1. The number of hydrogen-bond donors (Lipinski definition) is 2. The van der Waals surface area contributed by atoms with E-state index < -0.39 is 11.9 Å². The van der Waals surface area contributed by atoms with Gasteiger partial charge < -0.3 is 10.4 Å². The second kappa shape index (κ2) is 6.75. The maximum Gasteiger partial charge on any atom is 0.230 e. The highest BCUT2D eigenvalue weighted by atomic mass is 32.2. The minimum absolute atomic E-state index is 0.0850. The molecular weight excluding hydrogens is 253 g/mol. The number of hydrogen-bond acceptors (Lipinski definition) is 3. The largest absolute Gasteiger partial charge is 0.389 e. The summed E-state index contributed by atoms with van der Waals surface area (Å²) < 4.78 is 13.6. The molecular formula is C13H18FNO2S. The molecule has 3 nitrogen and oxygen atoms in total. The highest BCUT2D eigenvalue weighted by molar-refractivity contribution is 8.00. The van der Waals surface area contributed by atoms with Crippen LogP contribution in [0.15, 0.2) is 23.1 Å². The summed E-state index contributed by atoms with van der Waals surface area (Å²) in [5.41, 5.74) is 0.250. The number of halogens is 1. The molecule has 0 heterocycles. The molecule has 0 aromatic heterocycles. The fraction of sp³-hybridized carbons (Fsp3) is 0.462. The Bertz CT molecular complexity index is 421. The number of thioether (sulfide) groups is 1. The molecule has 0 aliphatic carbocycles. The second-order valence-corrected chi connectivity index (χ2v) is 5.36. The van der Waals surface area contributed by atoms with Crippen molar-refractivity contribution in [3.05, 3.63) is 29.6 Å². The molecule has 0 radical (unpaired) electrons. The van der Waals surface area contributed by atoms with E-state index in [1.807, 2.05) is 13.8 Å². The van der Waals surface area contributed by atoms with Crippen molar-refractivity contribution in [1.82, 2.24) is 5.32 Å². The lowest BCUT2D eigenvalue weighted by molar-refractivity contribution is -0.119. The van der Waals surface area contributed by atoms with Crippen LogP contribution in [-0.2, 0) is 4.79 Å². The summed E-state index contributed by atoms with van der Waals surface area (Å²) in [7, 11) is 0. The lowest BCUT2D eigenvalue weighted by atomic mass is 10.1. The first-order chi connectivity index (χ1) is 8.41. The Balaban J connectivity index is 2.73. The van der Waals surface area contributed by atoms with E-state index in [-0.39, 0.29) is 23.3 Å². The normalized spacial score (nSPS) is 12.6. The van der Waals surface area contributed by atoms with Crippen LogP contribution in [0, 0.1) is 5.82 Å². The topological polar surface area (TPSA) is 49.3 Å². The monoisotopic (exact) mass is 271 g/mol. The third kappa shape index (κ3) is 4.31. The van der Waals surface area contributed by atoms with Crippen molar-refractivity contribution in [3.63, 3.8) is 0 Å². The van der Waals surface area contributed by atoms with Crippen LogP contribution in [-0.4, -0.2) is 22.8 Å². The van der Waals surface area contributed by atoms with E-state index in [4.69, 9.17) is 0 Å². The van der Waals surface area contributed by atoms with Crippen LogP contribution >= 0.6 is 11.8 Å². The Labute approximate surface area is 111 Å². The zero-order chi connectivity index (χ0) is 13.7. The minimum Gasteiger partial charge on any atom is -0.389 e.